The molecule has 0 aliphatic rings. The number of benzene rings is 2. The highest BCUT2D eigenvalue weighted by molar-refractivity contribution is 5.89. The largest absolute Gasteiger partial charge is 0.340 e. The molecule has 6 nitrogen and oxygen atoms in total. The monoisotopic (exact) mass is 375 g/mol. The Morgan fingerprint density at radius 2 is 1.43 bits per heavy atom. The fraction of sp³-hybridized carbons (Fsp3) is 0.227. The topological polar surface area (TPSA) is 78.9 Å². The molecule has 6 heteroatoms. The first-order valence-electron chi connectivity index (χ1n) is 9.14. The highest BCUT2D eigenvalue weighted by Gasteiger charge is 2.12. The number of amides is 1. The summed E-state index contributed by atoms with van der Waals surface area (Å²) >= 11 is 0. The van der Waals surface area contributed by atoms with E-state index < -0.39 is 0 Å². The zero-order chi connectivity index (χ0) is 20.1. The van der Waals surface area contributed by atoms with Gasteiger partial charge in [0.15, 0.2) is 0 Å². The van der Waals surface area contributed by atoms with Gasteiger partial charge >= 0.3 is 0 Å². The van der Waals surface area contributed by atoms with Crippen molar-refractivity contribution < 1.29 is 4.79 Å². The number of aromatic nitrogens is 2. The van der Waals surface area contributed by atoms with E-state index in [-0.39, 0.29) is 11.3 Å². The van der Waals surface area contributed by atoms with Crippen LogP contribution in [0.3, 0.4) is 0 Å². The number of anilines is 5. The molecule has 3 rings (SSSR count). The summed E-state index contributed by atoms with van der Waals surface area (Å²) in [5.74, 6) is 1.24. The van der Waals surface area contributed by atoms with Gasteiger partial charge in [-0.2, -0.15) is 0 Å². The van der Waals surface area contributed by atoms with Crippen LogP contribution in [0.4, 0.5) is 28.7 Å². The summed E-state index contributed by atoms with van der Waals surface area (Å²) in [5.41, 5.74) is 3.91. The molecule has 1 heterocycles. The molecule has 28 heavy (non-hydrogen) atoms. The second-order valence-corrected chi connectivity index (χ2v) is 7.63. The number of carbonyl (C=O) groups is 1. The van der Waals surface area contributed by atoms with Gasteiger partial charge in [-0.1, -0.05) is 39.0 Å². The Bertz CT molecular complexity index is 961. The number of rotatable bonds is 5. The molecule has 0 fully saturated rings. The molecule has 1 amide bonds. The first kappa shape index (κ1) is 19.4. The van der Waals surface area contributed by atoms with Crippen LogP contribution >= 0.6 is 0 Å². The standard InChI is InChI=1S/C22H25N5O/c1-15(28)25-18-6-5-7-19(12-18)27-21-13-20(23-14-24-21)26-17-10-8-16(9-11-17)22(2,3)4/h5-14H,1-4H3,(H,25,28)(H2,23,24,26,27). The number of hydrogen-bond donors (Lipinski definition) is 3. The van der Waals surface area contributed by atoms with Crippen LogP contribution in [0.1, 0.15) is 33.3 Å². The van der Waals surface area contributed by atoms with Crippen LogP contribution in [0, 0.1) is 0 Å². The molecular formula is C22H25N5O. The summed E-state index contributed by atoms with van der Waals surface area (Å²) in [4.78, 5) is 19.8. The van der Waals surface area contributed by atoms with Crippen molar-refractivity contribution in [3.63, 3.8) is 0 Å². The Balaban J connectivity index is 1.71. The third-order valence-corrected chi connectivity index (χ3v) is 4.15. The summed E-state index contributed by atoms with van der Waals surface area (Å²) in [6, 6.07) is 17.6. The molecule has 2 aromatic carbocycles. The normalized spacial score (nSPS) is 11.0. The number of carbonyl (C=O) groups excluding carboxylic acids is 1. The minimum Gasteiger partial charge on any atom is -0.340 e. The third kappa shape index (κ3) is 5.30. The number of hydrogen-bond acceptors (Lipinski definition) is 5. The maximum absolute atomic E-state index is 11.2. The predicted octanol–water partition coefficient (Wildman–Crippen LogP) is 5.22. The Hall–Kier alpha value is -3.41. The van der Waals surface area contributed by atoms with Gasteiger partial charge in [0, 0.05) is 30.1 Å². The van der Waals surface area contributed by atoms with Gasteiger partial charge in [-0.05, 0) is 41.3 Å². The van der Waals surface area contributed by atoms with Crippen molar-refractivity contribution in [3.05, 3.63) is 66.5 Å². The van der Waals surface area contributed by atoms with Gasteiger partial charge < -0.3 is 16.0 Å². The fourth-order valence-corrected chi connectivity index (χ4v) is 2.72. The van der Waals surface area contributed by atoms with E-state index in [2.05, 4.69) is 58.8 Å². The smallest absolute Gasteiger partial charge is 0.221 e. The zero-order valence-electron chi connectivity index (χ0n) is 16.6. The number of nitrogens with one attached hydrogen (secondary N) is 3. The van der Waals surface area contributed by atoms with Gasteiger partial charge in [-0.3, -0.25) is 4.79 Å². The lowest BCUT2D eigenvalue weighted by atomic mass is 9.87. The van der Waals surface area contributed by atoms with Gasteiger partial charge in [0.25, 0.3) is 0 Å². The van der Waals surface area contributed by atoms with E-state index in [1.54, 1.807) is 0 Å². The van der Waals surface area contributed by atoms with Crippen molar-refractivity contribution >= 4 is 34.6 Å². The SMILES string of the molecule is CC(=O)Nc1cccc(Nc2cc(Nc3ccc(C(C)(C)C)cc3)ncn2)c1. The maximum atomic E-state index is 11.2. The molecular weight excluding hydrogens is 350 g/mol. The average Bonchev–Trinajstić information content (AvgIpc) is 2.61. The van der Waals surface area contributed by atoms with E-state index in [0.29, 0.717) is 11.6 Å². The summed E-state index contributed by atoms with van der Waals surface area (Å²) in [6.45, 7) is 8.06. The van der Waals surface area contributed by atoms with Gasteiger partial charge in [-0.25, -0.2) is 9.97 Å². The van der Waals surface area contributed by atoms with Crippen LogP contribution in [0.15, 0.2) is 60.9 Å². The summed E-state index contributed by atoms with van der Waals surface area (Å²) < 4.78 is 0. The van der Waals surface area contributed by atoms with Crippen LogP contribution in [0.25, 0.3) is 0 Å². The van der Waals surface area contributed by atoms with E-state index in [9.17, 15) is 4.79 Å². The van der Waals surface area contributed by atoms with Gasteiger partial charge in [0.1, 0.15) is 18.0 Å². The van der Waals surface area contributed by atoms with Crippen molar-refractivity contribution in [2.75, 3.05) is 16.0 Å². The summed E-state index contributed by atoms with van der Waals surface area (Å²) in [7, 11) is 0. The zero-order valence-corrected chi connectivity index (χ0v) is 16.6. The highest BCUT2D eigenvalue weighted by atomic mass is 16.1. The predicted molar refractivity (Wildman–Crippen MR) is 114 cm³/mol. The van der Waals surface area contributed by atoms with Crippen LogP contribution in [-0.4, -0.2) is 15.9 Å². The molecule has 3 N–H and O–H groups in total. The van der Waals surface area contributed by atoms with Crippen molar-refractivity contribution in [2.24, 2.45) is 0 Å². The quantitative estimate of drug-likeness (QED) is 0.570. The minimum absolute atomic E-state index is 0.108. The van der Waals surface area contributed by atoms with Crippen LogP contribution in [0.2, 0.25) is 0 Å². The first-order valence-corrected chi connectivity index (χ1v) is 9.14. The Labute approximate surface area is 165 Å². The second-order valence-electron chi connectivity index (χ2n) is 7.63. The Morgan fingerprint density at radius 1 is 0.821 bits per heavy atom. The van der Waals surface area contributed by atoms with Crippen molar-refractivity contribution in [1.82, 2.24) is 9.97 Å². The maximum Gasteiger partial charge on any atom is 0.221 e. The van der Waals surface area contributed by atoms with E-state index in [1.165, 1.54) is 18.8 Å². The van der Waals surface area contributed by atoms with E-state index >= 15 is 0 Å². The Morgan fingerprint density at radius 3 is 2.04 bits per heavy atom. The fourth-order valence-electron chi connectivity index (χ4n) is 2.72. The molecule has 0 saturated carbocycles. The molecule has 3 aromatic rings. The molecule has 0 atom stereocenters. The van der Waals surface area contributed by atoms with Gasteiger partial charge in [-0.15, -0.1) is 0 Å². The van der Waals surface area contributed by atoms with E-state index in [0.717, 1.165) is 17.1 Å². The molecule has 0 unspecified atom stereocenters. The van der Waals surface area contributed by atoms with Crippen molar-refractivity contribution in [1.29, 1.82) is 0 Å². The molecule has 0 radical (unpaired) electrons. The molecule has 1 aromatic heterocycles. The first-order chi connectivity index (χ1) is 13.3. The van der Waals surface area contributed by atoms with Gasteiger partial charge in [0.05, 0.1) is 0 Å². The molecule has 0 aliphatic carbocycles. The average molecular weight is 375 g/mol. The van der Waals surface area contributed by atoms with Crippen molar-refractivity contribution in [3.8, 4) is 0 Å². The Kier molecular flexibility index (Phi) is 5.59. The van der Waals surface area contributed by atoms with E-state index in [1.807, 2.05) is 42.5 Å². The van der Waals surface area contributed by atoms with Crippen LogP contribution in [-0.2, 0) is 10.2 Å². The highest BCUT2D eigenvalue weighted by Crippen LogP contribution is 2.25. The summed E-state index contributed by atoms with van der Waals surface area (Å²) in [6.07, 6.45) is 1.51. The lowest BCUT2D eigenvalue weighted by Crippen LogP contribution is -2.10. The minimum atomic E-state index is -0.108. The van der Waals surface area contributed by atoms with E-state index in [4.69, 9.17) is 0 Å². The molecule has 0 spiro atoms. The van der Waals surface area contributed by atoms with Gasteiger partial charge in [0.2, 0.25) is 5.91 Å². The molecule has 0 aliphatic heterocycles. The molecule has 144 valence electrons. The lowest BCUT2D eigenvalue weighted by molar-refractivity contribution is -0.114. The second kappa shape index (κ2) is 8.08. The number of nitrogens with zero attached hydrogens (tertiary/aromatic N) is 2. The lowest BCUT2D eigenvalue weighted by Gasteiger charge is -2.19. The third-order valence-electron chi connectivity index (χ3n) is 4.15. The van der Waals surface area contributed by atoms with Crippen LogP contribution in [0.5, 0.6) is 0 Å². The van der Waals surface area contributed by atoms with Crippen molar-refractivity contribution in [2.45, 2.75) is 33.1 Å². The molecule has 0 bridgehead atoms. The molecule has 0 saturated heterocycles. The van der Waals surface area contributed by atoms with Crippen LogP contribution < -0.4 is 16.0 Å². The summed E-state index contributed by atoms with van der Waals surface area (Å²) in [5, 5.41) is 9.29.